The molecular formula is C14H16N4O. The lowest BCUT2D eigenvalue weighted by molar-refractivity contribution is -0.129. The van der Waals surface area contributed by atoms with Crippen LogP contribution in [0.4, 0.5) is 5.69 Å². The normalized spacial score (nSPS) is 19.1. The number of carbonyl (C=O) groups is 1. The molecule has 5 heteroatoms. The molecule has 0 aliphatic carbocycles. The molecule has 1 aromatic carbocycles. The van der Waals surface area contributed by atoms with Crippen molar-refractivity contribution in [2.45, 2.75) is 12.5 Å². The van der Waals surface area contributed by atoms with Gasteiger partial charge in [0.25, 0.3) is 0 Å². The summed E-state index contributed by atoms with van der Waals surface area (Å²) in [4.78, 5) is 18.2. The Hall–Kier alpha value is -2.30. The first-order chi connectivity index (χ1) is 9.16. The fourth-order valence-corrected chi connectivity index (χ4v) is 2.48. The van der Waals surface area contributed by atoms with Crippen LogP contribution in [0.1, 0.15) is 12.5 Å². The smallest absolute Gasteiger partial charge is 0.245 e. The van der Waals surface area contributed by atoms with E-state index in [1.54, 1.807) is 11.1 Å². The molecule has 2 N–H and O–H groups in total. The number of hydrogen-bond acceptors (Lipinski definition) is 3. The van der Waals surface area contributed by atoms with Crippen LogP contribution in [0.25, 0.3) is 11.4 Å². The third-order valence-corrected chi connectivity index (χ3v) is 3.57. The number of nitrogen functional groups attached to an aromatic ring is 1. The summed E-state index contributed by atoms with van der Waals surface area (Å²) in [6, 6.07) is 7.41. The predicted molar refractivity (Wildman–Crippen MR) is 73.4 cm³/mol. The van der Waals surface area contributed by atoms with Crippen molar-refractivity contribution in [3.05, 3.63) is 36.7 Å². The summed E-state index contributed by atoms with van der Waals surface area (Å²) < 4.78 is 1.96. The topological polar surface area (TPSA) is 64.2 Å². The summed E-state index contributed by atoms with van der Waals surface area (Å²) in [5, 5.41) is 0. The Bertz CT molecular complexity index is 602. The van der Waals surface area contributed by atoms with Crippen molar-refractivity contribution in [3.63, 3.8) is 0 Å². The summed E-state index contributed by atoms with van der Waals surface area (Å²) >= 11 is 0. The van der Waals surface area contributed by atoms with Gasteiger partial charge in [-0.1, -0.05) is 0 Å². The van der Waals surface area contributed by atoms with E-state index in [2.05, 4.69) is 4.98 Å². The van der Waals surface area contributed by atoms with Crippen molar-refractivity contribution in [3.8, 4) is 11.4 Å². The molecule has 0 spiro atoms. The van der Waals surface area contributed by atoms with E-state index in [1.165, 1.54) is 0 Å². The van der Waals surface area contributed by atoms with E-state index in [0.717, 1.165) is 30.0 Å². The van der Waals surface area contributed by atoms with Crippen LogP contribution in [0.3, 0.4) is 0 Å². The van der Waals surface area contributed by atoms with Crippen LogP contribution in [-0.2, 0) is 4.79 Å². The lowest BCUT2D eigenvalue weighted by Crippen LogP contribution is -2.24. The van der Waals surface area contributed by atoms with Crippen LogP contribution in [0.2, 0.25) is 0 Å². The number of benzene rings is 1. The number of aromatic nitrogens is 2. The average Bonchev–Trinajstić information content (AvgIpc) is 2.99. The average molecular weight is 256 g/mol. The minimum absolute atomic E-state index is 0.139. The fraction of sp³-hybridized carbons (Fsp3) is 0.286. The minimum Gasteiger partial charge on any atom is -0.399 e. The summed E-state index contributed by atoms with van der Waals surface area (Å²) in [7, 11) is 1.84. The second kappa shape index (κ2) is 4.42. The first-order valence-electron chi connectivity index (χ1n) is 6.30. The SMILES string of the molecule is CN1CCC(n2ccnc2-c2ccc(N)cc2)C1=O. The second-order valence-corrected chi connectivity index (χ2v) is 4.84. The number of rotatable bonds is 2. The Labute approximate surface area is 111 Å². The Balaban J connectivity index is 1.99. The third-order valence-electron chi connectivity index (χ3n) is 3.57. The van der Waals surface area contributed by atoms with Crippen LogP contribution in [0.15, 0.2) is 36.7 Å². The Morgan fingerprint density at radius 2 is 2.05 bits per heavy atom. The Kier molecular flexibility index (Phi) is 2.74. The van der Waals surface area contributed by atoms with E-state index in [-0.39, 0.29) is 11.9 Å². The highest BCUT2D eigenvalue weighted by atomic mass is 16.2. The molecule has 5 nitrogen and oxygen atoms in total. The van der Waals surface area contributed by atoms with Crippen molar-refractivity contribution in [2.24, 2.45) is 0 Å². The number of likely N-dealkylation sites (N-methyl/N-ethyl adjacent to an activating group) is 1. The van der Waals surface area contributed by atoms with Crippen molar-refractivity contribution in [1.29, 1.82) is 0 Å². The van der Waals surface area contributed by atoms with Crippen LogP contribution in [0, 0.1) is 0 Å². The first kappa shape index (κ1) is 11.8. The predicted octanol–water partition coefficient (Wildman–Crippen LogP) is 1.54. The van der Waals surface area contributed by atoms with Gasteiger partial charge in [0.1, 0.15) is 11.9 Å². The molecule has 1 aliphatic rings. The number of imidazole rings is 1. The Morgan fingerprint density at radius 3 is 2.68 bits per heavy atom. The van der Waals surface area contributed by atoms with Gasteiger partial charge in [-0.05, 0) is 30.7 Å². The first-order valence-corrected chi connectivity index (χ1v) is 6.30. The summed E-state index contributed by atoms with van der Waals surface area (Å²) in [5.41, 5.74) is 7.39. The maximum absolute atomic E-state index is 12.1. The molecular weight excluding hydrogens is 240 g/mol. The molecule has 0 bridgehead atoms. The minimum atomic E-state index is -0.139. The molecule has 98 valence electrons. The largest absolute Gasteiger partial charge is 0.399 e. The third kappa shape index (κ3) is 1.97. The van der Waals surface area contributed by atoms with Crippen molar-refractivity contribution in [1.82, 2.24) is 14.5 Å². The van der Waals surface area contributed by atoms with Gasteiger partial charge in [0.05, 0.1) is 0 Å². The van der Waals surface area contributed by atoms with Crippen LogP contribution in [-0.4, -0.2) is 34.0 Å². The lowest BCUT2D eigenvalue weighted by atomic mass is 10.1. The van der Waals surface area contributed by atoms with E-state index >= 15 is 0 Å². The number of nitrogens with two attached hydrogens (primary N) is 1. The second-order valence-electron chi connectivity index (χ2n) is 4.84. The van der Waals surface area contributed by atoms with Crippen molar-refractivity contribution >= 4 is 11.6 Å². The van der Waals surface area contributed by atoms with Gasteiger partial charge in [0.15, 0.2) is 0 Å². The maximum Gasteiger partial charge on any atom is 0.245 e. The molecule has 1 aromatic heterocycles. The van der Waals surface area contributed by atoms with Gasteiger partial charge in [-0.25, -0.2) is 4.98 Å². The quantitative estimate of drug-likeness (QED) is 0.829. The molecule has 2 aromatic rings. The molecule has 1 saturated heterocycles. The van der Waals surface area contributed by atoms with Gasteiger partial charge in [0.2, 0.25) is 5.91 Å². The van der Waals surface area contributed by atoms with Crippen LogP contribution < -0.4 is 5.73 Å². The van der Waals surface area contributed by atoms with Crippen molar-refractivity contribution < 1.29 is 4.79 Å². The van der Waals surface area contributed by atoms with Gasteiger partial charge in [0, 0.05) is 37.2 Å². The van der Waals surface area contributed by atoms with E-state index in [4.69, 9.17) is 5.73 Å². The number of carbonyl (C=O) groups excluding carboxylic acids is 1. The van der Waals surface area contributed by atoms with Gasteiger partial charge < -0.3 is 15.2 Å². The number of amides is 1. The molecule has 1 amide bonds. The zero-order valence-electron chi connectivity index (χ0n) is 10.8. The Morgan fingerprint density at radius 1 is 1.32 bits per heavy atom. The number of likely N-dealkylation sites (tertiary alicyclic amines) is 1. The van der Waals surface area contributed by atoms with Crippen molar-refractivity contribution in [2.75, 3.05) is 19.3 Å². The highest BCUT2D eigenvalue weighted by Gasteiger charge is 2.31. The van der Waals surface area contributed by atoms with Crippen LogP contribution >= 0.6 is 0 Å². The van der Waals surface area contributed by atoms with E-state index in [1.807, 2.05) is 42.1 Å². The summed E-state index contributed by atoms with van der Waals surface area (Å²) in [6.07, 6.45) is 4.43. The molecule has 3 rings (SSSR count). The molecule has 0 saturated carbocycles. The maximum atomic E-state index is 12.1. The van der Waals surface area contributed by atoms with E-state index < -0.39 is 0 Å². The standard InChI is InChI=1S/C14H16N4O/c1-17-8-6-12(14(17)19)18-9-7-16-13(18)10-2-4-11(15)5-3-10/h2-5,7,9,12H,6,8,15H2,1H3. The summed E-state index contributed by atoms with van der Waals surface area (Å²) in [5.74, 6) is 0.961. The molecule has 19 heavy (non-hydrogen) atoms. The van der Waals surface area contributed by atoms with Gasteiger partial charge in [-0.2, -0.15) is 0 Å². The van der Waals surface area contributed by atoms with Gasteiger partial charge in [-0.15, -0.1) is 0 Å². The van der Waals surface area contributed by atoms with E-state index in [9.17, 15) is 4.79 Å². The monoisotopic (exact) mass is 256 g/mol. The lowest BCUT2D eigenvalue weighted by Gasteiger charge is -2.14. The van der Waals surface area contributed by atoms with Gasteiger partial charge in [-0.3, -0.25) is 4.79 Å². The molecule has 0 radical (unpaired) electrons. The van der Waals surface area contributed by atoms with Crippen LogP contribution in [0.5, 0.6) is 0 Å². The fourth-order valence-electron chi connectivity index (χ4n) is 2.48. The number of hydrogen-bond donors (Lipinski definition) is 1. The summed E-state index contributed by atoms with van der Waals surface area (Å²) in [6.45, 7) is 0.795. The van der Waals surface area contributed by atoms with E-state index in [0.29, 0.717) is 0 Å². The molecule has 1 unspecified atom stereocenters. The number of nitrogens with zero attached hydrogens (tertiary/aromatic N) is 3. The zero-order chi connectivity index (χ0) is 13.4. The zero-order valence-corrected chi connectivity index (χ0v) is 10.8. The molecule has 2 heterocycles. The molecule has 1 atom stereocenters. The number of anilines is 1. The molecule has 1 aliphatic heterocycles. The molecule has 1 fully saturated rings. The highest BCUT2D eigenvalue weighted by Crippen LogP contribution is 2.28. The van der Waals surface area contributed by atoms with Gasteiger partial charge >= 0.3 is 0 Å². The highest BCUT2D eigenvalue weighted by molar-refractivity contribution is 5.83.